The molecule has 2 aliphatic rings. The van der Waals surface area contributed by atoms with E-state index in [4.69, 9.17) is 0 Å². The van der Waals surface area contributed by atoms with Crippen LogP contribution >= 0.6 is 0 Å². The van der Waals surface area contributed by atoms with Crippen molar-refractivity contribution >= 4 is 5.91 Å². The Balaban J connectivity index is 1.86. The molecule has 19 heavy (non-hydrogen) atoms. The van der Waals surface area contributed by atoms with Crippen LogP contribution in [0.15, 0.2) is 0 Å². The van der Waals surface area contributed by atoms with Crippen molar-refractivity contribution in [1.29, 1.82) is 0 Å². The average Bonchev–Trinajstić information content (AvgIpc) is 2.46. The number of rotatable bonds is 4. The highest BCUT2D eigenvalue weighted by Gasteiger charge is 2.32. The molecule has 0 saturated heterocycles. The predicted octanol–water partition coefficient (Wildman–Crippen LogP) is 2.80. The van der Waals surface area contributed by atoms with E-state index in [1.54, 1.807) is 4.90 Å². The van der Waals surface area contributed by atoms with Gasteiger partial charge in [-0.15, -0.1) is 0 Å². The molecule has 0 aromatic heterocycles. The first-order valence-electron chi connectivity index (χ1n) is 8.12. The number of hydrogen-bond donors (Lipinski definition) is 1. The van der Waals surface area contributed by atoms with Crippen LogP contribution in [0.1, 0.15) is 57.8 Å². The summed E-state index contributed by atoms with van der Waals surface area (Å²) in [7, 11) is 3.67. The first kappa shape index (κ1) is 14.8. The lowest BCUT2D eigenvalue weighted by Crippen LogP contribution is -2.46. The second kappa shape index (κ2) is 7.28. The molecule has 0 aliphatic heterocycles. The van der Waals surface area contributed by atoms with E-state index in [9.17, 15) is 4.79 Å². The molecule has 1 N–H and O–H groups in total. The van der Waals surface area contributed by atoms with Crippen LogP contribution in [0.2, 0.25) is 0 Å². The van der Waals surface area contributed by atoms with Crippen molar-refractivity contribution in [2.75, 3.05) is 20.6 Å². The fourth-order valence-corrected chi connectivity index (χ4v) is 3.92. The first-order valence-corrected chi connectivity index (χ1v) is 8.12. The summed E-state index contributed by atoms with van der Waals surface area (Å²) < 4.78 is 0. The van der Waals surface area contributed by atoms with Crippen LogP contribution in [0.5, 0.6) is 0 Å². The van der Waals surface area contributed by atoms with E-state index in [2.05, 4.69) is 5.32 Å². The fraction of sp³-hybridized carbons (Fsp3) is 0.938. The largest absolute Gasteiger partial charge is 0.348 e. The first-order chi connectivity index (χ1) is 9.18. The highest BCUT2D eigenvalue weighted by molar-refractivity contribution is 5.77. The second-order valence-electron chi connectivity index (χ2n) is 6.62. The summed E-state index contributed by atoms with van der Waals surface area (Å²) in [6.07, 6.45) is 12.5. The molecule has 2 unspecified atom stereocenters. The maximum atomic E-state index is 11.7. The van der Waals surface area contributed by atoms with Gasteiger partial charge in [-0.3, -0.25) is 4.79 Å². The van der Waals surface area contributed by atoms with Crippen LogP contribution in [0.25, 0.3) is 0 Å². The number of nitrogens with zero attached hydrogens (tertiary/aromatic N) is 1. The summed E-state index contributed by atoms with van der Waals surface area (Å²) in [6.45, 7) is 0.515. The van der Waals surface area contributed by atoms with Crippen LogP contribution in [0.4, 0.5) is 0 Å². The molecule has 2 rings (SSSR count). The van der Waals surface area contributed by atoms with Crippen molar-refractivity contribution in [3.63, 3.8) is 0 Å². The van der Waals surface area contributed by atoms with Crippen molar-refractivity contribution in [2.45, 2.75) is 63.8 Å². The zero-order chi connectivity index (χ0) is 13.7. The Kier molecular flexibility index (Phi) is 5.68. The lowest BCUT2D eigenvalue weighted by Gasteiger charge is -2.39. The van der Waals surface area contributed by atoms with E-state index < -0.39 is 0 Å². The van der Waals surface area contributed by atoms with E-state index in [1.807, 2.05) is 14.1 Å². The van der Waals surface area contributed by atoms with Crippen LogP contribution in [0, 0.1) is 11.8 Å². The number of hydrogen-bond acceptors (Lipinski definition) is 2. The SMILES string of the molecule is CN(C)C(=O)CNC1CCCCC1C1CCCCC1. The van der Waals surface area contributed by atoms with Crippen LogP contribution in [-0.4, -0.2) is 37.5 Å². The van der Waals surface area contributed by atoms with Gasteiger partial charge in [0, 0.05) is 20.1 Å². The van der Waals surface area contributed by atoms with Gasteiger partial charge in [0.15, 0.2) is 0 Å². The summed E-state index contributed by atoms with van der Waals surface area (Å²) in [6, 6.07) is 0.584. The van der Waals surface area contributed by atoms with E-state index in [0.29, 0.717) is 12.6 Å². The van der Waals surface area contributed by atoms with E-state index >= 15 is 0 Å². The molecule has 2 fully saturated rings. The molecule has 0 radical (unpaired) electrons. The molecule has 0 spiro atoms. The van der Waals surface area contributed by atoms with Crippen LogP contribution in [-0.2, 0) is 4.79 Å². The molecule has 2 aliphatic carbocycles. The summed E-state index contributed by atoms with van der Waals surface area (Å²) in [5.41, 5.74) is 0. The molecule has 2 atom stereocenters. The minimum atomic E-state index is 0.202. The Morgan fingerprint density at radius 2 is 1.63 bits per heavy atom. The van der Waals surface area contributed by atoms with Gasteiger partial charge in [-0.05, 0) is 24.7 Å². The quantitative estimate of drug-likeness (QED) is 0.848. The number of nitrogens with one attached hydrogen (secondary N) is 1. The number of amides is 1. The van der Waals surface area contributed by atoms with E-state index in [0.717, 1.165) is 11.8 Å². The smallest absolute Gasteiger partial charge is 0.236 e. The lowest BCUT2D eigenvalue weighted by molar-refractivity contribution is -0.128. The molecule has 0 heterocycles. The standard InChI is InChI=1S/C16H30N2O/c1-18(2)16(19)12-17-15-11-7-6-10-14(15)13-8-4-3-5-9-13/h13-15,17H,3-12H2,1-2H3. The molecule has 3 heteroatoms. The van der Waals surface area contributed by atoms with Gasteiger partial charge in [-0.1, -0.05) is 44.9 Å². The highest BCUT2D eigenvalue weighted by atomic mass is 16.2. The summed E-state index contributed by atoms with van der Waals surface area (Å²) >= 11 is 0. The van der Waals surface area contributed by atoms with Gasteiger partial charge in [0.1, 0.15) is 0 Å². The zero-order valence-corrected chi connectivity index (χ0v) is 12.7. The maximum absolute atomic E-state index is 11.7. The molecule has 2 saturated carbocycles. The van der Waals surface area contributed by atoms with Crippen molar-refractivity contribution < 1.29 is 4.79 Å². The normalized spacial score (nSPS) is 29.2. The van der Waals surface area contributed by atoms with Gasteiger partial charge in [0.2, 0.25) is 5.91 Å². The van der Waals surface area contributed by atoms with E-state index in [-0.39, 0.29) is 5.91 Å². The summed E-state index contributed by atoms with van der Waals surface area (Å²) in [5.74, 6) is 1.94. The Morgan fingerprint density at radius 3 is 2.32 bits per heavy atom. The average molecular weight is 266 g/mol. The van der Waals surface area contributed by atoms with Crippen molar-refractivity contribution in [1.82, 2.24) is 10.2 Å². The molecule has 0 aromatic rings. The topological polar surface area (TPSA) is 32.3 Å². The van der Waals surface area contributed by atoms with Crippen LogP contribution in [0.3, 0.4) is 0 Å². The van der Waals surface area contributed by atoms with Gasteiger partial charge in [-0.25, -0.2) is 0 Å². The third-order valence-corrected chi connectivity index (χ3v) is 5.09. The second-order valence-corrected chi connectivity index (χ2v) is 6.62. The fourth-order valence-electron chi connectivity index (χ4n) is 3.92. The molecular weight excluding hydrogens is 236 g/mol. The molecule has 0 bridgehead atoms. The number of carbonyl (C=O) groups excluding carboxylic acids is 1. The molecule has 110 valence electrons. The zero-order valence-electron chi connectivity index (χ0n) is 12.7. The molecule has 0 aromatic carbocycles. The summed E-state index contributed by atoms with van der Waals surface area (Å²) in [4.78, 5) is 13.4. The minimum Gasteiger partial charge on any atom is -0.348 e. The minimum absolute atomic E-state index is 0.202. The molecule has 1 amide bonds. The molecule has 3 nitrogen and oxygen atoms in total. The van der Waals surface area contributed by atoms with Gasteiger partial charge in [0.25, 0.3) is 0 Å². The van der Waals surface area contributed by atoms with E-state index in [1.165, 1.54) is 57.8 Å². The van der Waals surface area contributed by atoms with Gasteiger partial charge < -0.3 is 10.2 Å². The van der Waals surface area contributed by atoms with Gasteiger partial charge in [0.05, 0.1) is 6.54 Å². The number of carbonyl (C=O) groups is 1. The Hall–Kier alpha value is -0.570. The maximum Gasteiger partial charge on any atom is 0.236 e. The Bertz CT molecular complexity index is 284. The van der Waals surface area contributed by atoms with Crippen molar-refractivity contribution in [3.8, 4) is 0 Å². The van der Waals surface area contributed by atoms with Crippen molar-refractivity contribution in [3.05, 3.63) is 0 Å². The highest BCUT2D eigenvalue weighted by Crippen LogP contribution is 2.38. The Morgan fingerprint density at radius 1 is 1.00 bits per heavy atom. The third-order valence-electron chi connectivity index (χ3n) is 5.09. The van der Waals surface area contributed by atoms with Gasteiger partial charge >= 0.3 is 0 Å². The third kappa shape index (κ3) is 4.20. The van der Waals surface area contributed by atoms with Crippen LogP contribution < -0.4 is 5.32 Å². The monoisotopic (exact) mass is 266 g/mol. The number of likely N-dealkylation sites (N-methyl/N-ethyl adjacent to an activating group) is 1. The summed E-state index contributed by atoms with van der Waals surface area (Å²) in [5, 5.41) is 3.56. The Labute approximate surface area is 118 Å². The van der Waals surface area contributed by atoms with Crippen molar-refractivity contribution in [2.24, 2.45) is 11.8 Å². The molecular formula is C16H30N2O. The predicted molar refractivity (Wildman–Crippen MR) is 79.0 cm³/mol. The van der Waals surface area contributed by atoms with Gasteiger partial charge in [-0.2, -0.15) is 0 Å². The lowest BCUT2D eigenvalue weighted by atomic mass is 9.71.